The van der Waals surface area contributed by atoms with Crippen molar-refractivity contribution < 1.29 is 99.6 Å². The predicted molar refractivity (Wildman–Crippen MR) is 563 cm³/mol. The Morgan fingerprint density at radius 3 is 0.829 bits per heavy atom. The Morgan fingerprint density at radius 1 is 0.336 bits per heavy atom. The van der Waals surface area contributed by atoms with E-state index in [-0.39, 0.29) is 120 Å². The van der Waals surface area contributed by atoms with Crippen LogP contribution in [0.3, 0.4) is 0 Å². The zero-order chi connectivity index (χ0) is 94.9. The summed E-state index contributed by atoms with van der Waals surface area (Å²) < 4.78 is 23.5. The zero-order valence-corrected chi connectivity index (χ0v) is 86.8. The first-order valence-electron chi connectivity index (χ1n) is 49.2. The van der Waals surface area contributed by atoms with Gasteiger partial charge in [-0.05, 0) is 175 Å². The van der Waals surface area contributed by atoms with Gasteiger partial charge in [0, 0.05) is 165 Å². The molecule has 0 bridgehead atoms. The molecule has 0 unspecified atom stereocenters. The number of ketones is 1. The summed E-state index contributed by atoms with van der Waals surface area (Å²) in [5.41, 5.74) is 12.4. The molecule has 5 aromatic heterocycles. The maximum absolute atomic E-state index is 11.8. The standard InChI is InChI=1S/C24H26N2O2.2C22H24N2O.C22H22N2O.C15H21NO2.C9H6ClN.C4H9O.B.2Na.H/c1-2-7-20(8-3-1)23(11-13-24(14-12-23)27-16-17-28-24)18-26-22-21-9-5-4-6-19(21)10-15-25-22;3*25-19-10-13-22(14-11-19,18-7-2-1-3-8-18)16-24-21-20-9-5-4-6-17(20)12-15-23-21;16-12-14(13-4-2-1-3-5-13)6-8-15(9-7-14)17-10-11-18-15;10-9-8-4-2-1-3-7(8)5-6-11-9;1-4(2,3)5;;;;/h1-10,15H,11-14,16-18H2,(H,25,26);2*1-9,12,15,19,25H,10-11,13-14,16H2,(H,23,24);1-9,12,15H,10-11,13-14,16H2,(H,23,24);1-5H,6-12,16H2;1-6H;1-3H3;;;;/q;;;;;;-1;;2*+1;-1. The quantitative estimate of drug-likeness (QED) is 0.0311. The van der Waals surface area contributed by atoms with E-state index in [1.165, 1.54) is 54.7 Å². The van der Waals surface area contributed by atoms with Gasteiger partial charge in [0.1, 0.15) is 34.2 Å². The third-order valence-corrected chi connectivity index (χ3v) is 29.5. The third kappa shape index (κ3) is 27.6. The van der Waals surface area contributed by atoms with E-state index in [2.05, 4.69) is 283 Å². The summed E-state index contributed by atoms with van der Waals surface area (Å²) in [5.74, 6) is 3.50. The van der Waals surface area contributed by atoms with E-state index in [9.17, 15) is 20.1 Å². The van der Waals surface area contributed by atoms with Crippen molar-refractivity contribution in [3.05, 3.63) is 367 Å². The second kappa shape index (κ2) is 50.9. The number of carbonyl (C=O) groups is 1. The Balaban J connectivity index is 0.000000151. The van der Waals surface area contributed by atoms with Gasteiger partial charge >= 0.3 is 59.1 Å². The van der Waals surface area contributed by atoms with Crippen molar-refractivity contribution in [1.82, 2.24) is 24.9 Å². The number of hydrogen-bond acceptors (Lipinski definition) is 18. The number of carbonyl (C=O) groups excluding carboxylic acids is 1. The molecule has 5 aliphatic carbocycles. The van der Waals surface area contributed by atoms with Crippen LogP contribution >= 0.6 is 11.6 Å². The van der Waals surface area contributed by atoms with Crippen molar-refractivity contribution in [3.63, 3.8) is 0 Å². The molecule has 22 rings (SSSR count). The fraction of sp³-hybridized carbons (Fsp3) is 0.356. The van der Waals surface area contributed by atoms with Crippen LogP contribution in [0.1, 0.15) is 178 Å². The van der Waals surface area contributed by atoms with E-state index in [0.29, 0.717) is 30.3 Å². The number of nitrogens with zero attached hydrogens (tertiary/aromatic N) is 5. The van der Waals surface area contributed by atoms with Crippen LogP contribution in [0.2, 0.25) is 5.15 Å². The first-order chi connectivity index (χ1) is 66.8. The van der Waals surface area contributed by atoms with Crippen molar-refractivity contribution in [2.75, 3.05) is 80.4 Å². The third-order valence-electron chi connectivity index (χ3n) is 29.2. The number of aliphatic hydroxyl groups is 2. The molecule has 140 heavy (non-hydrogen) atoms. The normalized spacial score (nSPS) is 20.6. The topological polar surface area (TPSA) is 256 Å². The SMILES string of the molecule is CC(C)(C)[O-].Clc1nccc2ccccc12.NCC1(c2ccccc2)CCC2(CC1)OCCO2.O=C1CCC(CNc2nccc3ccccc23)(c2ccccc2)CC1.OC1CCC(CNc2nccc3ccccc23)(c2ccccc2)CC1.OC1CCC(CNc2nccc3ccccc23)(c2ccccc2)CC1.[B].[H-].[Na+].[Na+].c1ccc(C2(CNc3nccc4ccccc34)CCC3(CC2)OCCO3)cc1. The molecule has 10 aromatic carbocycles. The van der Waals surface area contributed by atoms with Gasteiger partial charge in [-0.2, -0.15) is 0 Å². The Hall–Kier alpha value is -9.85. The summed E-state index contributed by atoms with van der Waals surface area (Å²) in [6.45, 7) is 11.8. The molecule has 7 aliphatic rings. The Labute approximate surface area is 879 Å². The fourth-order valence-electron chi connectivity index (χ4n) is 21.1. The average molecular weight is 1910 g/mol. The molecule has 3 radical (unpaired) electrons. The van der Waals surface area contributed by atoms with Crippen LogP contribution in [0.25, 0.3) is 53.9 Å². The van der Waals surface area contributed by atoms with Gasteiger partial charge in [-0.15, -0.1) is 5.60 Å². The zero-order valence-electron chi connectivity index (χ0n) is 83.0. The van der Waals surface area contributed by atoms with Crippen LogP contribution in [0, 0.1) is 0 Å². The van der Waals surface area contributed by atoms with Gasteiger partial charge in [0.2, 0.25) is 0 Å². The predicted octanol–water partition coefficient (Wildman–Crippen LogP) is 17.6. The number of nitrogens with one attached hydrogen (secondary N) is 4. The van der Waals surface area contributed by atoms with Gasteiger partial charge in [0.15, 0.2) is 11.6 Å². The summed E-state index contributed by atoms with van der Waals surface area (Å²) in [6, 6.07) is 105. The summed E-state index contributed by atoms with van der Waals surface area (Å²) in [6.07, 6.45) is 27.4. The monoisotopic (exact) mass is 1910 g/mol. The number of ether oxygens (including phenoxy) is 4. The first kappa shape index (κ1) is 107. The van der Waals surface area contributed by atoms with Gasteiger partial charge in [-0.1, -0.05) is 305 Å². The second-order valence-corrected chi connectivity index (χ2v) is 39.4. The molecule has 8 N–H and O–H groups in total. The van der Waals surface area contributed by atoms with E-state index in [1.54, 1.807) is 27.0 Å². The Bertz CT molecular complexity index is 6160. The molecule has 5 saturated carbocycles. The van der Waals surface area contributed by atoms with Crippen molar-refractivity contribution in [1.29, 1.82) is 0 Å². The largest absolute Gasteiger partial charge is 1.00 e. The van der Waals surface area contributed by atoms with Gasteiger partial charge in [-0.3, -0.25) is 4.79 Å². The molecule has 22 heteroatoms. The van der Waals surface area contributed by atoms with Crippen LogP contribution in [0.4, 0.5) is 23.3 Å². The summed E-state index contributed by atoms with van der Waals surface area (Å²) in [7, 11) is 0. The second-order valence-electron chi connectivity index (χ2n) is 39.0. The van der Waals surface area contributed by atoms with Crippen LogP contribution in [-0.4, -0.2) is 138 Å². The number of Topliss-reactive ketones (excluding diaryl/α,β-unsaturated/α-hetero) is 1. The number of rotatable bonds is 18. The number of pyridine rings is 5. The Kier molecular flexibility index (Phi) is 39.1. The number of hydrogen-bond donors (Lipinski definition) is 7. The molecule has 7 heterocycles. The van der Waals surface area contributed by atoms with Crippen molar-refractivity contribution in [2.45, 2.75) is 206 Å². The van der Waals surface area contributed by atoms with Crippen LogP contribution in [0.5, 0.6) is 0 Å². The minimum absolute atomic E-state index is 0. The van der Waals surface area contributed by atoms with Crippen molar-refractivity contribution in [3.8, 4) is 0 Å². The number of benzene rings is 10. The van der Waals surface area contributed by atoms with E-state index < -0.39 is 5.60 Å². The van der Waals surface area contributed by atoms with Crippen molar-refractivity contribution >= 4 is 103 Å². The maximum atomic E-state index is 11.8. The molecule has 18 nitrogen and oxygen atoms in total. The number of fused-ring (bicyclic) bond motifs is 5. The van der Waals surface area contributed by atoms with Crippen molar-refractivity contribution in [2.24, 2.45) is 5.73 Å². The molecule has 715 valence electrons. The summed E-state index contributed by atoms with van der Waals surface area (Å²) in [4.78, 5) is 34.1. The smallest absolute Gasteiger partial charge is 1.00 e. The van der Waals surface area contributed by atoms with Gasteiger partial charge in [0.05, 0.1) is 38.6 Å². The minimum atomic E-state index is -0.750. The number of halogens is 1. The van der Waals surface area contributed by atoms with E-state index >= 15 is 0 Å². The fourth-order valence-corrected chi connectivity index (χ4v) is 21.3. The molecule has 7 fully saturated rings. The van der Waals surface area contributed by atoms with Crippen LogP contribution in [-0.2, 0) is 50.8 Å². The average Bonchev–Trinajstić information content (AvgIpc) is 1.53. The minimum Gasteiger partial charge on any atom is -1.00 e. The van der Waals surface area contributed by atoms with E-state index in [4.69, 9.17) is 36.3 Å². The first-order valence-corrected chi connectivity index (χ1v) is 49.6. The molecule has 0 atom stereocenters. The molecule has 2 aliphatic heterocycles. The number of aromatic nitrogens is 5. The summed E-state index contributed by atoms with van der Waals surface area (Å²) >= 11 is 5.85. The van der Waals surface area contributed by atoms with Gasteiger partial charge in [-0.25, -0.2) is 24.9 Å². The number of nitrogens with two attached hydrogens (primary N) is 1. The van der Waals surface area contributed by atoms with Gasteiger partial charge in [0.25, 0.3) is 0 Å². The van der Waals surface area contributed by atoms with Crippen LogP contribution < -0.4 is 91.2 Å². The molecule has 15 aromatic rings. The molecule has 2 spiro atoms. The Morgan fingerprint density at radius 2 is 0.557 bits per heavy atom. The molecular weight excluding hydrogens is 1780 g/mol. The van der Waals surface area contributed by atoms with E-state index in [1.807, 2.05) is 91.5 Å². The van der Waals surface area contributed by atoms with E-state index in [0.717, 1.165) is 218 Å². The molecule has 0 amide bonds. The van der Waals surface area contributed by atoms with Crippen LogP contribution in [0.15, 0.2) is 334 Å². The summed E-state index contributed by atoms with van der Waals surface area (Å²) in [5, 5.41) is 56.7. The number of anilines is 4. The van der Waals surface area contributed by atoms with Gasteiger partial charge < -0.3 is 62.7 Å². The molecule has 2 saturated heterocycles. The maximum Gasteiger partial charge on any atom is 1.00 e. The number of aliphatic hydroxyl groups excluding tert-OH is 2. The molecular formula is C118H133BClN10Na2O8.